The van der Waals surface area contributed by atoms with E-state index in [9.17, 15) is 31.7 Å². The lowest BCUT2D eigenvalue weighted by atomic mass is 10.2. The largest absolute Gasteiger partial charge is 0.402 e. The Morgan fingerprint density at radius 3 is 2.40 bits per heavy atom. The topological polar surface area (TPSA) is 115 Å². The summed E-state index contributed by atoms with van der Waals surface area (Å²) < 4.78 is 60.8. The summed E-state index contributed by atoms with van der Waals surface area (Å²) in [6.45, 7) is -0.505. The van der Waals surface area contributed by atoms with Crippen molar-refractivity contribution < 1.29 is 26.5 Å². The van der Waals surface area contributed by atoms with Crippen LogP contribution in [0.3, 0.4) is 0 Å². The number of nitrogens with one attached hydrogen (secondary N) is 1. The van der Waals surface area contributed by atoms with Crippen LogP contribution in [-0.2, 0) is 10.0 Å². The van der Waals surface area contributed by atoms with Gasteiger partial charge in [-0.2, -0.15) is 13.2 Å². The quantitative estimate of drug-likeness (QED) is 0.494. The molecule has 20 heavy (non-hydrogen) atoms. The summed E-state index contributed by atoms with van der Waals surface area (Å²) in [5, 5.41) is 10.7. The summed E-state index contributed by atoms with van der Waals surface area (Å²) in [4.78, 5) is 9.12. The van der Waals surface area contributed by atoms with Crippen molar-refractivity contribution >= 4 is 21.4 Å². The van der Waals surface area contributed by atoms with E-state index < -0.39 is 38.3 Å². The number of aryl methyl sites for hydroxylation is 1. The van der Waals surface area contributed by atoms with Gasteiger partial charge in [0.1, 0.15) is 12.2 Å². The van der Waals surface area contributed by atoms with E-state index in [1.807, 2.05) is 0 Å². The van der Waals surface area contributed by atoms with E-state index in [1.54, 1.807) is 0 Å². The fourth-order valence-corrected chi connectivity index (χ4v) is 2.66. The normalized spacial score (nSPS) is 12.4. The third kappa shape index (κ3) is 3.81. The van der Waals surface area contributed by atoms with Crippen LogP contribution >= 0.6 is 0 Å². The third-order valence-electron chi connectivity index (χ3n) is 2.27. The lowest BCUT2D eigenvalue weighted by Gasteiger charge is -2.11. The highest BCUT2D eigenvalue weighted by atomic mass is 32.2. The summed E-state index contributed by atoms with van der Waals surface area (Å²) in [5.74, 6) is 0. The summed E-state index contributed by atoms with van der Waals surface area (Å²) in [5.41, 5.74) is 4.38. The van der Waals surface area contributed by atoms with Crippen molar-refractivity contribution in [1.29, 1.82) is 0 Å². The fraction of sp³-hybridized carbons (Fsp3) is 0.333. The van der Waals surface area contributed by atoms with E-state index in [0.29, 0.717) is 6.07 Å². The molecule has 0 spiro atoms. The summed E-state index contributed by atoms with van der Waals surface area (Å²) in [6.07, 6.45) is -4.74. The maximum absolute atomic E-state index is 12.0. The molecular weight excluding hydrogens is 303 g/mol. The van der Waals surface area contributed by atoms with Gasteiger partial charge in [-0.25, -0.2) is 13.1 Å². The second-order valence-corrected chi connectivity index (χ2v) is 5.61. The van der Waals surface area contributed by atoms with Crippen LogP contribution in [0.2, 0.25) is 0 Å². The zero-order valence-electron chi connectivity index (χ0n) is 10.1. The van der Waals surface area contributed by atoms with Gasteiger partial charge in [0.05, 0.1) is 9.82 Å². The molecule has 0 amide bonds. The maximum atomic E-state index is 12.0. The molecule has 0 aliphatic heterocycles. The molecule has 0 bridgehead atoms. The molecule has 0 fully saturated rings. The van der Waals surface area contributed by atoms with Gasteiger partial charge in [-0.3, -0.25) is 10.1 Å². The Balaban J connectivity index is 3.25. The first-order chi connectivity index (χ1) is 8.94. The van der Waals surface area contributed by atoms with Crippen molar-refractivity contribution in [3.05, 3.63) is 27.8 Å². The smallest absolute Gasteiger partial charge is 0.393 e. The van der Waals surface area contributed by atoms with Crippen LogP contribution in [0.5, 0.6) is 0 Å². The standard InChI is InChI=1S/C9H10F3N3O4S/c1-5-2-6(13)7(15(16)17)3-8(5)20(18,19)14-4-9(10,11)12/h2-3,14H,4,13H2,1H3. The number of nitrogen functional groups attached to an aromatic ring is 1. The average Bonchev–Trinajstić information content (AvgIpc) is 2.24. The highest BCUT2D eigenvalue weighted by Crippen LogP contribution is 2.28. The number of sulfonamides is 1. The molecule has 0 aromatic heterocycles. The SMILES string of the molecule is Cc1cc(N)c([N+](=O)[O-])cc1S(=O)(=O)NCC(F)(F)F. The number of nitro benzene ring substituents is 1. The summed E-state index contributed by atoms with van der Waals surface area (Å²) in [6, 6.07) is 1.64. The molecule has 0 saturated carbocycles. The van der Waals surface area contributed by atoms with Crippen molar-refractivity contribution in [2.45, 2.75) is 18.0 Å². The first kappa shape index (κ1) is 16.2. The monoisotopic (exact) mass is 313 g/mol. The lowest BCUT2D eigenvalue weighted by molar-refractivity contribution is -0.384. The van der Waals surface area contributed by atoms with E-state index in [0.717, 1.165) is 6.07 Å². The van der Waals surface area contributed by atoms with E-state index >= 15 is 0 Å². The van der Waals surface area contributed by atoms with Crippen molar-refractivity contribution in [2.24, 2.45) is 0 Å². The van der Waals surface area contributed by atoms with E-state index in [1.165, 1.54) is 11.6 Å². The molecule has 1 aromatic rings. The van der Waals surface area contributed by atoms with Crippen molar-refractivity contribution in [3.63, 3.8) is 0 Å². The molecule has 0 aliphatic rings. The Labute approximate surface area is 111 Å². The van der Waals surface area contributed by atoms with Crippen LogP contribution in [0, 0.1) is 17.0 Å². The molecule has 7 nitrogen and oxygen atoms in total. The van der Waals surface area contributed by atoms with Gasteiger partial charge in [0.2, 0.25) is 10.0 Å². The second kappa shape index (κ2) is 5.25. The second-order valence-electron chi connectivity index (χ2n) is 3.87. The zero-order chi connectivity index (χ0) is 15.7. The van der Waals surface area contributed by atoms with Gasteiger partial charge in [0.15, 0.2) is 0 Å². The number of hydrogen-bond donors (Lipinski definition) is 2. The molecule has 0 heterocycles. The van der Waals surface area contributed by atoms with Crippen LogP contribution in [-0.4, -0.2) is 26.1 Å². The minimum atomic E-state index is -4.74. The first-order valence-electron chi connectivity index (χ1n) is 5.05. The highest BCUT2D eigenvalue weighted by molar-refractivity contribution is 7.89. The predicted octanol–water partition coefficient (Wildman–Crippen LogP) is 1.33. The molecule has 0 saturated heterocycles. The molecule has 0 unspecified atom stereocenters. The number of nitrogens with zero attached hydrogens (tertiary/aromatic N) is 1. The Morgan fingerprint density at radius 2 is 1.95 bits per heavy atom. The van der Waals surface area contributed by atoms with Gasteiger partial charge in [-0.1, -0.05) is 0 Å². The predicted molar refractivity (Wildman–Crippen MR) is 63.5 cm³/mol. The van der Waals surface area contributed by atoms with Crippen LogP contribution in [0.15, 0.2) is 17.0 Å². The minimum absolute atomic E-state index is 0.00257. The Bertz CT molecular complexity index is 643. The molecule has 1 aromatic carbocycles. The van der Waals surface area contributed by atoms with Crippen molar-refractivity contribution in [1.82, 2.24) is 4.72 Å². The Morgan fingerprint density at radius 1 is 1.40 bits per heavy atom. The first-order valence-corrected chi connectivity index (χ1v) is 6.53. The fourth-order valence-electron chi connectivity index (χ4n) is 1.40. The summed E-state index contributed by atoms with van der Waals surface area (Å²) in [7, 11) is -4.53. The number of halogens is 3. The van der Waals surface area contributed by atoms with Gasteiger partial charge in [-0.15, -0.1) is 0 Å². The lowest BCUT2D eigenvalue weighted by Crippen LogP contribution is -2.34. The van der Waals surface area contributed by atoms with E-state index in [-0.39, 0.29) is 11.3 Å². The van der Waals surface area contributed by atoms with E-state index in [2.05, 4.69) is 0 Å². The molecule has 1 rings (SSSR count). The maximum Gasteiger partial charge on any atom is 0.402 e. The number of anilines is 1. The zero-order valence-corrected chi connectivity index (χ0v) is 10.9. The summed E-state index contributed by atoms with van der Waals surface area (Å²) >= 11 is 0. The number of rotatable bonds is 4. The number of benzene rings is 1. The van der Waals surface area contributed by atoms with Crippen LogP contribution in [0.25, 0.3) is 0 Å². The van der Waals surface area contributed by atoms with Crippen molar-refractivity contribution in [3.8, 4) is 0 Å². The van der Waals surface area contributed by atoms with Crippen molar-refractivity contribution in [2.75, 3.05) is 12.3 Å². The third-order valence-corrected chi connectivity index (χ3v) is 3.82. The minimum Gasteiger partial charge on any atom is -0.393 e. The van der Waals surface area contributed by atoms with Gasteiger partial charge < -0.3 is 5.73 Å². The number of nitrogens with two attached hydrogens (primary N) is 1. The Kier molecular flexibility index (Phi) is 4.24. The van der Waals surface area contributed by atoms with Gasteiger partial charge >= 0.3 is 6.18 Å². The number of nitro groups is 1. The van der Waals surface area contributed by atoms with Crippen LogP contribution < -0.4 is 10.5 Å². The molecule has 3 N–H and O–H groups in total. The van der Waals surface area contributed by atoms with Gasteiger partial charge in [0, 0.05) is 6.07 Å². The number of alkyl halides is 3. The Hall–Kier alpha value is -1.88. The molecular formula is C9H10F3N3O4S. The van der Waals surface area contributed by atoms with E-state index in [4.69, 9.17) is 5.73 Å². The van der Waals surface area contributed by atoms with Crippen LogP contribution in [0.1, 0.15) is 5.56 Å². The molecule has 0 aliphatic carbocycles. The molecule has 0 atom stereocenters. The van der Waals surface area contributed by atoms with Gasteiger partial charge in [-0.05, 0) is 18.6 Å². The molecule has 112 valence electrons. The van der Waals surface area contributed by atoms with Gasteiger partial charge in [0.25, 0.3) is 5.69 Å². The van der Waals surface area contributed by atoms with Crippen LogP contribution in [0.4, 0.5) is 24.5 Å². The number of hydrogen-bond acceptors (Lipinski definition) is 5. The highest BCUT2D eigenvalue weighted by Gasteiger charge is 2.31. The average molecular weight is 313 g/mol. The molecule has 0 radical (unpaired) electrons. The molecule has 11 heteroatoms.